The second-order valence-corrected chi connectivity index (χ2v) is 20.7. The van der Waals surface area contributed by atoms with Gasteiger partial charge in [-0.1, -0.05) is 215 Å². The zero-order valence-corrected chi connectivity index (χ0v) is 47.9. The highest BCUT2D eigenvalue weighted by atomic mass is 31.2. The van der Waals surface area contributed by atoms with E-state index in [9.17, 15) is 19.4 Å². The minimum absolute atomic E-state index is 0.0376. The Balaban J connectivity index is 4.20. The summed E-state index contributed by atoms with van der Waals surface area (Å²) in [6.45, 7) is 4.53. The smallest absolute Gasteiger partial charge is 0.387 e. The average molecular weight is 1040 g/mol. The number of hydrogen-bond acceptors (Lipinski definition) is 5. The van der Waals surface area contributed by atoms with Gasteiger partial charge in [-0.2, -0.15) is 0 Å². The van der Waals surface area contributed by atoms with Gasteiger partial charge in [0.15, 0.2) is 0 Å². The fourth-order valence-corrected chi connectivity index (χ4v) is 7.44. The van der Waals surface area contributed by atoms with Crippen molar-refractivity contribution in [1.82, 2.24) is 5.32 Å². The Bertz CT molecular complexity index is 1850. The van der Waals surface area contributed by atoms with Crippen LogP contribution in [0.3, 0.4) is 0 Å². The molecule has 414 valence electrons. The number of nitrogens with zero attached hydrogens (tertiary/aromatic N) is 1. The van der Waals surface area contributed by atoms with Gasteiger partial charge >= 0.3 is 7.82 Å². The monoisotopic (exact) mass is 1040 g/mol. The van der Waals surface area contributed by atoms with Gasteiger partial charge in [0.2, 0.25) is 5.91 Å². The minimum atomic E-state index is -4.37. The number of phosphoric ester groups is 1. The molecule has 8 nitrogen and oxygen atoms in total. The summed E-state index contributed by atoms with van der Waals surface area (Å²) in [5.41, 5.74) is 0. The lowest BCUT2D eigenvalue weighted by Gasteiger charge is -2.25. The van der Waals surface area contributed by atoms with Crippen LogP contribution in [0, 0.1) is 0 Å². The Kier molecular flexibility index (Phi) is 50.3. The fourth-order valence-electron chi connectivity index (χ4n) is 6.71. The predicted octanol–water partition coefficient (Wildman–Crippen LogP) is 17.4. The highest BCUT2D eigenvalue weighted by Crippen LogP contribution is 2.43. The van der Waals surface area contributed by atoms with Crippen molar-refractivity contribution in [3.63, 3.8) is 0 Å². The van der Waals surface area contributed by atoms with E-state index in [0.29, 0.717) is 17.4 Å². The number of amides is 1. The molecule has 9 heteroatoms. The molecule has 3 unspecified atom stereocenters. The number of carbonyl (C=O) groups is 1. The molecule has 0 aromatic heterocycles. The van der Waals surface area contributed by atoms with Crippen LogP contribution in [0.15, 0.2) is 182 Å². The summed E-state index contributed by atoms with van der Waals surface area (Å²) in [4.78, 5) is 23.2. The van der Waals surface area contributed by atoms with E-state index in [1.54, 1.807) is 6.08 Å². The van der Waals surface area contributed by atoms with E-state index < -0.39 is 20.0 Å². The maximum absolute atomic E-state index is 12.9. The van der Waals surface area contributed by atoms with E-state index in [4.69, 9.17) is 9.05 Å². The zero-order chi connectivity index (χ0) is 54.2. The maximum atomic E-state index is 12.9. The van der Waals surface area contributed by atoms with Gasteiger partial charge in [0.25, 0.3) is 0 Å². The highest BCUT2D eigenvalue weighted by molar-refractivity contribution is 7.47. The maximum Gasteiger partial charge on any atom is 0.472 e. The Morgan fingerprint density at radius 3 is 1.22 bits per heavy atom. The molecule has 74 heavy (non-hydrogen) atoms. The highest BCUT2D eigenvalue weighted by Gasteiger charge is 2.27. The molecule has 0 aliphatic rings. The fraction of sp³-hybridized carbons (Fsp3) is 0.523. The van der Waals surface area contributed by atoms with Crippen LogP contribution in [0.5, 0.6) is 0 Å². The molecule has 0 aliphatic heterocycles. The molecule has 0 aliphatic carbocycles. The molecule has 0 spiro atoms. The van der Waals surface area contributed by atoms with Crippen LogP contribution < -0.4 is 5.32 Å². The van der Waals surface area contributed by atoms with Gasteiger partial charge < -0.3 is 19.8 Å². The molecule has 0 aromatic rings. The summed E-state index contributed by atoms with van der Waals surface area (Å²) < 4.78 is 23.5. The van der Waals surface area contributed by atoms with E-state index in [1.807, 2.05) is 27.2 Å². The van der Waals surface area contributed by atoms with Gasteiger partial charge in [0.1, 0.15) is 13.2 Å². The van der Waals surface area contributed by atoms with E-state index in [0.717, 1.165) is 148 Å². The Morgan fingerprint density at radius 1 is 0.473 bits per heavy atom. The number of aliphatic hydroxyl groups is 1. The number of carbonyl (C=O) groups excluding carboxylic acids is 1. The SMILES string of the molecule is CC/C=C\C/C=C\C/C=C\C/C=C\C/C=C\C/C=C\C/C=C\C/C=C\C/C=C\C/C=C\C/C=C\C/C=C\CCCCCCC(=O)NC(COP(=O)(O)OCC[N+](C)(C)C)C(O)/C=C/CC/C=C/CC/C=C/CCC. The number of phosphoric acid groups is 1. The first-order valence-corrected chi connectivity index (χ1v) is 29.7. The normalized spacial score (nSPS) is 15.3. The summed E-state index contributed by atoms with van der Waals surface area (Å²) in [6.07, 6.45) is 87.3. The molecule has 0 saturated heterocycles. The molecule has 1 amide bonds. The predicted molar refractivity (Wildman–Crippen MR) is 322 cm³/mol. The molecule has 0 saturated carbocycles. The van der Waals surface area contributed by atoms with Crippen molar-refractivity contribution in [2.75, 3.05) is 40.9 Å². The summed E-state index contributed by atoms with van der Waals surface area (Å²) in [6, 6.07) is -0.896. The van der Waals surface area contributed by atoms with E-state index in [1.165, 1.54) is 0 Å². The first-order valence-electron chi connectivity index (χ1n) is 28.2. The standard InChI is InChI=1S/C65H103N2O6P/c1-6-8-10-12-14-16-18-19-20-21-22-23-24-25-26-27-28-29-30-31-32-33-34-35-36-37-38-39-40-41-42-43-44-45-46-47-49-51-53-55-57-59-65(69)66-63(62-73-74(70,71)72-61-60-67(3,4)5)64(68)58-56-54-52-50-48-17-15-13-11-9-7-2/h8,10-11,13-14,16,19-20,22-23,25-26,28-29,31-32,34-35,37-38,40-41,43-44,46-48,50,56,58,63-64,68H,6-7,9,12,15,17-18,21,24,27,30,33,36,39,42,45,49,51-55,57,59-62H2,1-5H3,(H-,66,69,70,71)/p+1/b10-8-,13-11+,16-14-,20-19-,23-22-,26-25-,29-28-,32-31-,35-34-,38-37-,41-40-,44-43-,47-46-,50-48+,58-56+. The Hall–Kier alpha value is -4.40. The third-order valence-corrected chi connectivity index (χ3v) is 12.1. The number of rotatable bonds is 48. The number of aliphatic hydroxyl groups excluding tert-OH is 1. The van der Waals surface area contributed by atoms with E-state index in [2.05, 4.69) is 189 Å². The van der Waals surface area contributed by atoms with Crippen molar-refractivity contribution in [2.45, 2.75) is 180 Å². The van der Waals surface area contributed by atoms with Crippen molar-refractivity contribution < 1.29 is 32.9 Å². The number of quaternary nitrogens is 1. The van der Waals surface area contributed by atoms with Gasteiger partial charge in [0, 0.05) is 6.42 Å². The molecular formula is C65H104N2O6P+. The number of unbranched alkanes of at least 4 members (excludes halogenated alkanes) is 7. The Labute approximate surface area is 453 Å². The second-order valence-electron chi connectivity index (χ2n) is 19.2. The van der Waals surface area contributed by atoms with Crippen molar-refractivity contribution in [1.29, 1.82) is 0 Å². The van der Waals surface area contributed by atoms with Gasteiger partial charge in [-0.15, -0.1) is 0 Å². The third kappa shape index (κ3) is 55.4. The van der Waals surface area contributed by atoms with Crippen LogP contribution in [-0.4, -0.2) is 73.4 Å². The first-order chi connectivity index (χ1) is 36.0. The lowest BCUT2D eigenvalue weighted by Crippen LogP contribution is -2.45. The average Bonchev–Trinajstić information content (AvgIpc) is 3.36. The third-order valence-electron chi connectivity index (χ3n) is 11.1. The quantitative estimate of drug-likeness (QED) is 0.0243. The summed E-state index contributed by atoms with van der Waals surface area (Å²) in [7, 11) is 1.49. The van der Waals surface area contributed by atoms with Crippen LogP contribution in [0.25, 0.3) is 0 Å². The van der Waals surface area contributed by atoms with Crippen LogP contribution in [-0.2, 0) is 18.4 Å². The molecular weight excluding hydrogens is 936 g/mol. The summed E-state index contributed by atoms with van der Waals surface area (Å²) >= 11 is 0. The number of nitrogens with one attached hydrogen (secondary N) is 1. The molecule has 0 heterocycles. The lowest BCUT2D eigenvalue weighted by atomic mass is 10.1. The molecule has 0 aromatic carbocycles. The van der Waals surface area contributed by atoms with E-state index in [-0.39, 0.29) is 19.1 Å². The van der Waals surface area contributed by atoms with Crippen LogP contribution in [0.4, 0.5) is 0 Å². The molecule has 3 atom stereocenters. The topological polar surface area (TPSA) is 105 Å². The van der Waals surface area contributed by atoms with Crippen molar-refractivity contribution in [3.05, 3.63) is 182 Å². The molecule has 0 radical (unpaired) electrons. The van der Waals surface area contributed by atoms with E-state index >= 15 is 0 Å². The second kappa shape index (κ2) is 53.4. The summed E-state index contributed by atoms with van der Waals surface area (Å²) in [5.74, 6) is -0.227. The van der Waals surface area contributed by atoms with Crippen LogP contribution in [0.1, 0.15) is 168 Å². The summed E-state index contributed by atoms with van der Waals surface area (Å²) in [5, 5.41) is 13.8. The number of hydrogen-bond donors (Lipinski definition) is 3. The minimum Gasteiger partial charge on any atom is -0.387 e. The van der Waals surface area contributed by atoms with Gasteiger partial charge in [-0.3, -0.25) is 13.8 Å². The largest absolute Gasteiger partial charge is 0.472 e. The van der Waals surface area contributed by atoms with Crippen molar-refractivity contribution >= 4 is 13.7 Å². The molecule has 3 N–H and O–H groups in total. The van der Waals surface area contributed by atoms with Gasteiger partial charge in [-0.05, 0) is 128 Å². The van der Waals surface area contributed by atoms with Crippen molar-refractivity contribution in [3.8, 4) is 0 Å². The van der Waals surface area contributed by atoms with Gasteiger partial charge in [0.05, 0.1) is 39.9 Å². The molecule has 0 bridgehead atoms. The van der Waals surface area contributed by atoms with Crippen LogP contribution in [0.2, 0.25) is 0 Å². The molecule has 0 fully saturated rings. The first kappa shape index (κ1) is 69.6. The van der Waals surface area contributed by atoms with Gasteiger partial charge in [-0.25, -0.2) is 4.57 Å². The number of allylic oxidation sites excluding steroid dienone is 29. The van der Waals surface area contributed by atoms with Crippen molar-refractivity contribution in [2.24, 2.45) is 0 Å². The zero-order valence-electron chi connectivity index (χ0n) is 47.0. The molecule has 0 rings (SSSR count). The number of likely N-dealkylation sites (N-methyl/N-ethyl adjacent to an activating group) is 1. The Morgan fingerprint density at radius 2 is 0.824 bits per heavy atom. The lowest BCUT2D eigenvalue weighted by molar-refractivity contribution is -0.870. The van der Waals surface area contributed by atoms with Crippen LogP contribution >= 0.6 is 7.82 Å².